The van der Waals surface area contributed by atoms with E-state index in [-0.39, 0.29) is 41.5 Å². The van der Waals surface area contributed by atoms with Gasteiger partial charge in [-0.3, -0.25) is 9.69 Å². The highest BCUT2D eigenvalue weighted by Gasteiger charge is 2.47. The minimum atomic E-state index is -0.788. The molecule has 2 aromatic carbocycles. The quantitative estimate of drug-likeness (QED) is 0.683. The highest BCUT2D eigenvalue weighted by atomic mass is 19.1. The first-order valence-electron chi connectivity index (χ1n) is 11.0. The smallest absolute Gasteiger partial charge is 0.338 e. The second kappa shape index (κ2) is 7.90. The second-order valence-corrected chi connectivity index (χ2v) is 9.42. The molecule has 0 amide bonds. The molecule has 34 heavy (non-hydrogen) atoms. The van der Waals surface area contributed by atoms with E-state index >= 15 is 4.39 Å². The number of halogens is 1. The SMILES string of the molecule is COC(=O)C1=C(N)N(c2ccccc2F)C2=C(C(=O)CC(C)(C)C2)C1c1ccc2c(c1)OCO2. The molecule has 2 aromatic rings. The summed E-state index contributed by atoms with van der Waals surface area (Å²) in [7, 11) is 1.25. The first kappa shape index (κ1) is 22.0. The Morgan fingerprint density at radius 3 is 2.62 bits per heavy atom. The van der Waals surface area contributed by atoms with Crippen molar-refractivity contribution in [2.24, 2.45) is 11.1 Å². The van der Waals surface area contributed by atoms with Crippen LogP contribution in [0, 0.1) is 11.2 Å². The normalized spacial score (nSPS) is 21.0. The highest BCUT2D eigenvalue weighted by Crippen LogP contribution is 2.51. The zero-order valence-corrected chi connectivity index (χ0v) is 19.2. The lowest BCUT2D eigenvalue weighted by Gasteiger charge is -2.44. The number of ether oxygens (including phenoxy) is 3. The van der Waals surface area contributed by atoms with Gasteiger partial charge in [0.15, 0.2) is 17.3 Å². The molecule has 1 unspecified atom stereocenters. The molecule has 0 saturated heterocycles. The van der Waals surface area contributed by atoms with Gasteiger partial charge in [0.05, 0.1) is 24.3 Å². The van der Waals surface area contributed by atoms with Crippen LogP contribution in [-0.2, 0) is 14.3 Å². The molecular formula is C26H25FN2O5. The lowest BCUT2D eigenvalue weighted by molar-refractivity contribution is -0.136. The van der Waals surface area contributed by atoms with Crippen LogP contribution < -0.4 is 20.1 Å². The van der Waals surface area contributed by atoms with Crippen LogP contribution in [0.3, 0.4) is 0 Å². The van der Waals surface area contributed by atoms with Crippen LogP contribution in [0.25, 0.3) is 0 Å². The number of fused-ring (bicyclic) bond motifs is 1. The van der Waals surface area contributed by atoms with E-state index in [0.717, 1.165) is 0 Å². The first-order chi connectivity index (χ1) is 16.2. The zero-order chi connectivity index (χ0) is 24.2. The standard InChI is InChI=1S/C26H25FN2O5/c1-26(2)11-17-22(18(30)12-26)21(14-8-9-19-20(10-14)34-13-33-19)23(25(31)32-3)24(28)29(17)16-7-5-4-6-15(16)27/h4-10,21H,11-13,28H2,1-3H3. The van der Waals surface area contributed by atoms with E-state index in [0.29, 0.717) is 34.8 Å². The molecule has 0 fully saturated rings. The molecule has 1 aliphatic carbocycles. The highest BCUT2D eigenvalue weighted by molar-refractivity contribution is 6.05. The number of allylic oxidation sites excluding steroid dienone is 2. The number of anilines is 1. The van der Waals surface area contributed by atoms with Crippen LogP contribution in [0.15, 0.2) is 65.1 Å². The molecule has 2 heterocycles. The number of hydrogen-bond donors (Lipinski definition) is 1. The molecule has 2 N–H and O–H groups in total. The number of rotatable bonds is 3. The number of methoxy groups -OCH3 is 1. The molecule has 2 aliphatic heterocycles. The zero-order valence-electron chi connectivity index (χ0n) is 19.2. The number of carbonyl (C=O) groups is 2. The van der Waals surface area contributed by atoms with Crippen molar-refractivity contribution in [3.05, 3.63) is 76.5 Å². The van der Waals surface area contributed by atoms with E-state index in [1.807, 2.05) is 13.8 Å². The maximum Gasteiger partial charge on any atom is 0.338 e. The van der Waals surface area contributed by atoms with Gasteiger partial charge in [-0.15, -0.1) is 0 Å². The molecule has 7 nitrogen and oxygen atoms in total. The molecule has 8 heteroatoms. The second-order valence-electron chi connectivity index (χ2n) is 9.42. The fourth-order valence-corrected chi connectivity index (χ4v) is 5.05. The van der Waals surface area contributed by atoms with Gasteiger partial charge < -0.3 is 19.9 Å². The molecule has 3 aliphatic rings. The minimum absolute atomic E-state index is 0.0314. The Bertz CT molecular complexity index is 1280. The average Bonchev–Trinajstić information content (AvgIpc) is 3.26. The minimum Gasteiger partial charge on any atom is -0.466 e. The van der Waals surface area contributed by atoms with Crippen molar-refractivity contribution >= 4 is 17.4 Å². The summed E-state index contributed by atoms with van der Waals surface area (Å²) in [5.74, 6) is -0.988. The molecule has 0 bridgehead atoms. The molecule has 176 valence electrons. The van der Waals surface area contributed by atoms with Crippen LogP contribution in [0.2, 0.25) is 0 Å². The molecule has 0 aromatic heterocycles. The van der Waals surface area contributed by atoms with E-state index < -0.39 is 17.7 Å². The number of nitrogens with two attached hydrogens (primary N) is 1. The number of carbonyl (C=O) groups excluding carboxylic acids is 2. The van der Waals surface area contributed by atoms with Crippen molar-refractivity contribution in [1.82, 2.24) is 0 Å². The van der Waals surface area contributed by atoms with Crippen LogP contribution in [0.5, 0.6) is 11.5 Å². The van der Waals surface area contributed by atoms with Crippen molar-refractivity contribution in [2.45, 2.75) is 32.6 Å². The molecule has 0 radical (unpaired) electrons. The number of nitrogens with zero attached hydrogens (tertiary/aromatic N) is 1. The number of Topliss-reactive ketones (excluding diaryl/α,β-unsaturated/α-hetero) is 1. The summed E-state index contributed by atoms with van der Waals surface area (Å²) in [6, 6.07) is 11.4. The Labute approximate surface area is 196 Å². The fraction of sp³-hybridized carbons (Fsp3) is 0.308. The van der Waals surface area contributed by atoms with E-state index in [2.05, 4.69) is 0 Å². The topological polar surface area (TPSA) is 91.1 Å². The van der Waals surface area contributed by atoms with E-state index in [4.69, 9.17) is 19.9 Å². The van der Waals surface area contributed by atoms with E-state index in [1.165, 1.54) is 18.1 Å². The summed E-state index contributed by atoms with van der Waals surface area (Å²) >= 11 is 0. The number of ketones is 1. The van der Waals surface area contributed by atoms with Crippen LogP contribution in [0.4, 0.5) is 10.1 Å². The fourth-order valence-electron chi connectivity index (χ4n) is 5.05. The average molecular weight is 464 g/mol. The maximum atomic E-state index is 15.0. The van der Waals surface area contributed by atoms with Crippen molar-refractivity contribution < 1.29 is 28.2 Å². The lowest BCUT2D eigenvalue weighted by Crippen LogP contribution is -2.44. The number of benzene rings is 2. The lowest BCUT2D eigenvalue weighted by atomic mass is 9.68. The van der Waals surface area contributed by atoms with Gasteiger partial charge in [-0.2, -0.15) is 0 Å². The van der Waals surface area contributed by atoms with Crippen molar-refractivity contribution in [2.75, 3.05) is 18.8 Å². The molecule has 5 rings (SSSR count). The van der Waals surface area contributed by atoms with Crippen molar-refractivity contribution in [3.63, 3.8) is 0 Å². The number of para-hydroxylation sites is 1. The molecular weight excluding hydrogens is 439 g/mol. The van der Waals surface area contributed by atoms with E-state index in [9.17, 15) is 9.59 Å². The third-order valence-corrected chi connectivity index (χ3v) is 6.49. The summed E-state index contributed by atoms with van der Waals surface area (Å²) in [6.45, 7) is 4.06. The summed E-state index contributed by atoms with van der Waals surface area (Å²) in [5.41, 5.74) is 8.13. The summed E-state index contributed by atoms with van der Waals surface area (Å²) in [6.07, 6.45) is 0.755. The van der Waals surface area contributed by atoms with Gasteiger partial charge in [0.25, 0.3) is 0 Å². The first-order valence-corrected chi connectivity index (χ1v) is 11.0. The van der Waals surface area contributed by atoms with Crippen LogP contribution in [-0.4, -0.2) is 25.7 Å². The Kier molecular flexibility index (Phi) is 5.11. The number of hydrogen-bond acceptors (Lipinski definition) is 7. The van der Waals surface area contributed by atoms with Gasteiger partial charge >= 0.3 is 5.97 Å². The van der Waals surface area contributed by atoms with Gasteiger partial charge in [-0.25, -0.2) is 9.18 Å². The summed E-state index contributed by atoms with van der Waals surface area (Å²) in [4.78, 5) is 28.2. The predicted molar refractivity (Wildman–Crippen MR) is 122 cm³/mol. The van der Waals surface area contributed by atoms with Gasteiger partial charge in [0, 0.05) is 17.7 Å². The van der Waals surface area contributed by atoms with Crippen LogP contribution in [0.1, 0.15) is 38.2 Å². The van der Waals surface area contributed by atoms with Crippen molar-refractivity contribution in [3.8, 4) is 11.5 Å². The number of esters is 1. The van der Waals surface area contributed by atoms with E-state index in [1.54, 1.807) is 36.4 Å². The third kappa shape index (κ3) is 3.41. The van der Waals surface area contributed by atoms with Gasteiger partial charge in [-0.1, -0.05) is 32.0 Å². The maximum absolute atomic E-state index is 15.0. The van der Waals surface area contributed by atoms with Crippen molar-refractivity contribution in [1.29, 1.82) is 0 Å². The molecule has 0 saturated carbocycles. The monoisotopic (exact) mass is 464 g/mol. The van der Waals surface area contributed by atoms with Gasteiger partial charge in [0.2, 0.25) is 6.79 Å². The largest absolute Gasteiger partial charge is 0.466 e. The Balaban J connectivity index is 1.80. The third-order valence-electron chi connectivity index (χ3n) is 6.49. The summed E-state index contributed by atoms with van der Waals surface area (Å²) < 4.78 is 31.0. The molecule has 1 atom stereocenters. The summed E-state index contributed by atoms with van der Waals surface area (Å²) in [5, 5.41) is 0. The predicted octanol–water partition coefficient (Wildman–Crippen LogP) is 4.14. The Morgan fingerprint density at radius 1 is 1.15 bits per heavy atom. The molecule has 0 spiro atoms. The van der Waals surface area contributed by atoms with Gasteiger partial charge in [-0.05, 0) is 41.7 Å². The Hall–Kier alpha value is -3.81. The Morgan fingerprint density at radius 2 is 1.88 bits per heavy atom. The van der Waals surface area contributed by atoms with Crippen LogP contribution >= 0.6 is 0 Å². The van der Waals surface area contributed by atoms with Gasteiger partial charge in [0.1, 0.15) is 11.6 Å².